The summed E-state index contributed by atoms with van der Waals surface area (Å²) < 4.78 is 0. The van der Waals surface area contributed by atoms with Crippen molar-refractivity contribution in [1.29, 1.82) is 0 Å². The third-order valence-corrected chi connectivity index (χ3v) is 2.84. The van der Waals surface area contributed by atoms with Gasteiger partial charge in [0.1, 0.15) is 0 Å². The van der Waals surface area contributed by atoms with Gasteiger partial charge >= 0.3 is 0 Å². The fourth-order valence-corrected chi connectivity index (χ4v) is 1.75. The van der Waals surface area contributed by atoms with Crippen molar-refractivity contribution >= 4 is 11.6 Å². The van der Waals surface area contributed by atoms with Gasteiger partial charge < -0.3 is 11.1 Å². The molecule has 6 heteroatoms. The van der Waals surface area contributed by atoms with Gasteiger partial charge in [0.15, 0.2) is 0 Å². The summed E-state index contributed by atoms with van der Waals surface area (Å²) in [4.78, 5) is 22.0. The lowest BCUT2D eigenvalue weighted by atomic mass is 9.85. The average molecular weight is 265 g/mol. The molecule has 0 atom stereocenters. The van der Waals surface area contributed by atoms with Gasteiger partial charge in [0.25, 0.3) is 5.69 Å². The Bertz CT molecular complexity index is 455. The van der Waals surface area contributed by atoms with E-state index in [4.69, 9.17) is 5.73 Å². The number of amides is 1. The molecule has 1 aromatic rings. The van der Waals surface area contributed by atoms with E-state index in [2.05, 4.69) is 5.32 Å². The van der Waals surface area contributed by atoms with Crippen LogP contribution in [-0.2, 0) is 11.2 Å². The minimum atomic E-state index is -0.578. The van der Waals surface area contributed by atoms with Crippen molar-refractivity contribution in [2.45, 2.75) is 20.3 Å². The molecule has 1 aromatic carbocycles. The second-order valence-corrected chi connectivity index (χ2v) is 5.03. The lowest BCUT2D eigenvalue weighted by Crippen LogP contribution is -2.40. The Hall–Kier alpha value is -1.95. The molecule has 0 aliphatic heterocycles. The summed E-state index contributed by atoms with van der Waals surface area (Å²) in [6, 6.07) is 6.25. The largest absolute Gasteiger partial charge is 0.354 e. The van der Waals surface area contributed by atoms with Gasteiger partial charge in [-0.3, -0.25) is 14.9 Å². The molecule has 3 N–H and O–H groups in total. The van der Waals surface area contributed by atoms with Crippen LogP contribution in [0.15, 0.2) is 24.3 Å². The highest BCUT2D eigenvalue weighted by molar-refractivity contribution is 5.82. The molecule has 0 aliphatic carbocycles. The summed E-state index contributed by atoms with van der Waals surface area (Å²) >= 11 is 0. The number of non-ortho nitro benzene ring substituents is 1. The Kier molecular flexibility index (Phi) is 5.00. The minimum absolute atomic E-state index is 0.0501. The number of carbonyl (C=O) groups is 1. The molecule has 0 saturated carbocycles. The fourth-order valence-electron chi connectivity index (χ4n) is 1.75. The van der Waals surface area contributed by atoms with Crippen LogP contribution < -0.4 is 11.1 Å². The number of carbonyl (C=O) groups excluding carboxylic acids is 1. The summed E-state index contributed by atoms with van der Waals surface area (Å²) in [6.07, 6.45) is 0.515. The maximum atomic E-state index is 11.9. The van der Waals surface area contributed by atoms with Crippen molar-refractivity contribution in [2.75, 3.05) is 13.1 Å². The van der Waals surface area contributed by atoms with Gasteiger partial charge in [-0.2, -0.15) is 0 Å². The van der Waals surface area contributed by atoms with E-state index in [0.717, 1.165) is 5.56 Å². The highest BCUT2D eigenvalue weighted by Gasteiger charge is 2.27. The molecule has 0 saturated heterocycles. The Balaban J connectivity index is 2.71. The standard InChI is InChI=1S/C13H19N3O3/c1-13(2,12(17)15-8-7-14)9-10-3-5-11(6-4-10)16(18)19/h3-6H,7-9,14H2,1-2H3,(H,15,17). The summed E-state index contributed by atoms with van der Waals surface area (Å²) in [7, 11) is 0. The second kappa shape index (κ2) is 6.29. The van der Waals surface area contributed by atoms with Gasteiger partial charge in [-0.05, 0) is 12.0 Å². The van der Waals surface area contributed by atoms with E-state index in [0.29, 0.717) is 19.5 Å². The number of rotatable bonds is 6. The van der Waals surface area contributed by atoms with E-state index in [1.165, 1.54) is 12.1 Å². The van der Waals surface area contributed by atoms with Gasteiger partial charge in [0, 0.05) is 30.6 Å². The zero-order valence-corrected chi connectivity index (χ0v) is 11.2. The lowest BCUT2D eigenvalue weighted by Gasteiger charge is -2.23. The van der Waals surface area contributed by atoms with Gasteiger partial charge in [0.05, 0.1) is 4.92 Å². The van der Waals surface area contributed by atoms with Crippen molar-refractivity contribution in [3.05, 3.63) is 39.9 Å². The molecule has 0 bridgehead atoms. The molecule has 0 spiro atoms. The number of hydrogen-bond donors (Lipinski definition) is 2. The third kappa shape index (κ3) is 4.33. The summed E-state index contributed by atoms with van der Waals surface area (Å²) in [5.74, 6) is -0.0729. The first-order valence-electron chi connectivity index (χ1n) is 6.08. The zero-order chi connectivity index (χ0) is 14.5. The Morgan fingerprint density at radius 1 is 1.37 bits per heavy atom. The van der Waals surface area contributed by atoms with E-state index >= 15 is 0 Å². The molecule has 0 radical (unpaired) electrons. The summed E-state index contributed by atoms with van der Waals surface area (Å²) in [6.45, 7) is 4.52. The Morgan fingerprint density at radius 2 is 1.95 bits per heavy atom. The summed E-state index contributed by atoms with van der Waals surface area (Å²) in [5.41, 5.74) is 5.70. The molecule has 1 amide bonds. The first kappa shape index (κ1) is 15.1. The van der Waals surface area contributed by atoms with Crippen LogP contribution in [0.5, 0.6) is 0 Å². The van der Waals surface area contributed by atoms with Crippen LogP contribution in [0.3, 0.4) is 0 Å². The van der Waals surface area contributed by atoms with E-state index in [9.17, 15) is 14.9 Å². The fraction of sp³-hybridized carbons (Fsp3) is 0.462. The molecule has 0 aliphatic rings. The SMILES string of the molecule is CC(C)(Cc1ccc([N+](=O)[O-])cc1)C(=O)NCCN. The van der Waals surface area contributed by atoms with Gasteiger partial charge in [-0.25, -0.2) is 0 Å². The van der Waals surface area contributed by atoms with Crippen LogP contribution in [0.2, 0.25) is 0 Å². The number of nitro groups is 1. The molecule has 0 unspecified atom stereocenters. The Labute approximate surface area is 112 Å². The highest BCUT2D eigenvalue weighted by atomic mass is 16.6. The molecule has 19 heavy (non-hydrogen) atoms. The van der Waals surface area contributed by atoms with Crippen LogP contribution in [-0.4, -0.2) is 23.9 Å². The van der Waals surface area contributed by atoms with Gasteiger partial charge in [-0.1, -0.05) is 26.0 Å². The predicted molar refractivity (Wildman–Crippen MR) is 72.6 cm³/mol. The van der Waals surface area contributed by atoms with Crippen molar-refractivity contribution in [3.63, 3.8) is 0 Å². The quantitative estimate of drug-likeness (QED) is 0.597. The van der Waals surface area contributed by atoms with Crippen molar-refractivity contribution < 1.29 is 9.72 Å². The molecule has 0 heterocycles. The van der Waals surface area contributed by atoms with Crippen molar-refractivity contribution in [1.82, 2.24) is 5.32 Å². The van der Waals surface area contributed by atoms with Crippen LogP contribution in [0.4, 0.5) is 5.69 Å². The molecule has 6 nitrogen and oxygen atoms in total. The number of nitrogens with one attached hydrogen (secondary N) is 1. The third-order valence-electron chi connectivity index (χ3n) is 2.84. The smallest absolute Gasteiger partial charge is 0.269 e. The van der Waals surface area contributed by atoms with Gasteiger partial charge in [-0.15, -0.1) is 0 Å². The molecule has 0 fully saturated rings. The van der Waals surface area contributed by atoms with E-state index in [1.807, 2.05) is 13.8 Å². The zero-order valence-electron chi connectivity index (χ0n) is 11.2. The molecular weight excluding hydrogens is 246 g/mol. The van der Waals surface area contributed by atoms with E-state index < -0.39 is 10.3 Å². The van der Waals surface area contributed by atoms with E-state index in [1.54, 1.807) is 12.1 Å². The number of nitrogens with two attached hydrogens (primary N) is 1. The normalized spacial score (nSPS) is 11.1. The van der Waals surface area contributed by atoms with Crippen LogP contribution in [0, 0.1) is 15.5 Å². The average Bonchev–Trinajstić information content (AvgIpc) is 2.36. The number of hydrogen-bond acceptors (Lipinski definition) is 4. The molecular formula is C13H19N3O3. The monoisotopic (exact) mass is 265 g/mol. The maximum Gasteiger partial charge on any atom is 0.269 e. The van der Waals surface area contributed by atoms with E-state index in [-0.39, 0.29) is 11.6 Å². The molecule has 1 rings (SSSR count). The number of nitro benzene ring substituents is 1. The highest BCUT2D eigenvalue weighted by Crippen LogP contribution is 2.23. The second-order valence-electron chi connectivity index (χ2n) is 5.03. The van der Waals surface area contributed by atoms with Crippen LogP contribution in [0.25, 0.3) is 0 Å². The van der Waals surface area contributed by atoms with Crippen molar-refractivity contribution in [2.24, 2.45) is 11.1 Å². The predicted octanol–water partition coefficient (Wildman–Crippen LogP) is 1.24. The van der Waals surface area contributed by atoms with Crippen LogP contribution in [0.1, 0.15) is 19.4 Å². The number of benzene rings is 1. The molecule has 104 valence electrons. The maximum absolute atomic E-state index is 11.9. The summed E-state index contributed by atoms with van der Waals surface area (Å²) in [5, 5.41) is 13.3. The topological polar surface area (TPSA) is 98.3 Å². The first-order valence-corrected chi connectivity index (χ1v) is 6.08. The van der Waals surface area contributed by atoms with Gasteiger partial charge in [0.2, 0.25) is 5.91 Å². The van der Waals surface area contributed by atoms with Crippen LogP contribution >= 0.6 is 0 Å². The van der Waals surface area contributed by atoms with Crippen molar-refractivity contribution in [3.8, 4) is 0 Å². The first-order chi connectivity index (χ1) is 8.86. The minimum Gasteiger partial charge on any atom is -0.354 e. The lowest BCUT2D eigenvalue weighted by molar-refractivity contribution is -0.384. The Morgan fingerprint density at radius 3 is 2.42 bits per heavy atom. The molecule has 0 aromatic heterocycles. The number of nitrogens with zero attached hydrogens (tertiary/aromatic N) is 1.